The first-order valence-corrected chi connectivity index (χ1v) is 7.77. The van der Waals surface area contributed by atoms with E-state index < -0.39 is 0 Å². The summed E-state index contributed by atoms with van der Waals surface area (Å²) in [5.74, 6) is 0.0662. The van der Waals surface area contributed by atoms with Gasteiger partial charge in [0.1, 0.15) is 0 Å². The number of amides is 1. The molecule has 2 heterocycles. The van der Waals surface area contributed by atoms with Gasteiger partial charge < -0.3 is 9.88 Å². The number of imidazole rings is 1. The zero-order chi connectivity index (χ0) is 15.4. The Bertz CT molecular complexity index is 606. The fourth-order valence-electron chi connectivity index (χ4n) is 3.05. The van der Waals surface area contributed by atoms with Crippen molar-refractivity contribution in [3.05, 3.63) is 48.5 Å². The second-order valence-electron chi connectivity index (χ2n) is 5.91. The molecule has 1 amide bonds. The number of benzene rings is 1. The van der Waals surface area contributed by atoms with Crippen LogP contribution in [0, 0.1) is 0 Å². The third-order valence-corrected chi connectivity index (χ3v) is 4.06. The first-order valence-electron chi connectivity index (χ1n) is 7.77. The highest BCUT2D eigenvalue weighted by Gasteiger charge is 2.20. The molecule has 1 N–H and O–H groups in total. The van der Waals surface area contributed by atoms with Crippen LogP contribution in [0.4, 0.5) is 0 Å². The molecular weight excluding hydrogens is 276 g/mol. The summed E-state index contributed by atoms with van der Waals surface area (Å²) in [6, 6.07) is 8.85. The normalized spacial score (nSPS) is 19.0. The summed E-state index contributed by atoms with van der Waals surface area (Å²) < 4.78 is 2.00. The molecule has 1 fully saturated rings. The number of rotatable bonds is 4. The molecule has 1 aromatic carbocycles. The van der Waals surface area contributed by atoms with Gasteiger partial charge in [-0.15, -0.1) is 0 Å². The second-order valence-corrected chi connectivity index (χ2v) is 5.91. The highest BCUT2D eigenvalue weighted by atomic mass is 16.1. The number of nitrogens with one attached hydrogen (secondary N) is 1. The number of hydrogen-bond donors (Lipinski definition) is 1. The first-order chi connectivity index (χ1) is 10.7. The number of carbonyl (C=O) groups is 1. The monoisotopic (exact) mass is 298 g/mol. The Balaban J connectivity index is 1.59. The summed E-state index contributed by atoms with van der Waals surface area (Å²) in [7, 11) is 0. The summed E-state index contributed by atoms with van der Waals surface area (Å²) in [6.45, 7) is 4.55. The van der Waals surface area contributed by atoms with E-state index in [4.69, 9.17) is 0 Å². The molecule has 0 spiro atoms. The molecule has 2 aromatic rings. The van der Waals surface area contributed by atoms with Crippen LogP contribution in [0.3, 0.4) is 0 Å². The van der Waals surface area contributed by atoms with Gasteiger partial charge in [-0.05, 0) is 37.1 Å². The summed E-state index contributed by atoms with van der Waals surface area (Å²) in [6.07, 6.45) is 7.74. The lowest BCUT2D eigenvalue weighted by atomic mass is 10.0. The number of carbonyl (C=O) groups excluding carboxylic acids is 1. The maximum absolute atomic E-state index is 11.2. The van der Waals surface area contributed by atoms with Crippen LogP contribution in [0.15, 0.2) is 43.0 Å². The lowest BCUT2D eigenvalue weighted by Gasteiger charge is -2.33. The molecule has 0 bridgehead atoms. The van der Waals surface area contributed by atoms with Crippen LogP contribution in [0.1, 0.15) is 25.3 Å². The Kier molecular flexibility index (Phi) is 4.53. The minimum atomic E-state index is 0.0662. The van der Waals surface area contributed by atoms with E-state index in [0.717, 1.165) is 38.2 Å². The first kappa shape index (κ1) is 14.8. The van der Waals surface area contributed by atoms with Gasteiger partial charge in [0.05, 0.1) is 6.33 Å². The maximum Gasteiger partial charge on any atom is 0.217 e. The van der Waals surface area contributed by atoms with Crippen molar-refractivity contribution in [3.63, 3.8) is 0 Å². The van der Waals surface area contributed by atoms with Gasteiger partial charge in [-0.3, -0.25) is 9.69 Å². The fraction of sp³-hybridized carbons (Fsp3) is 0.412. The molecule has 116 valence electrons. The Morgan fingerprint density at radius 1 is 1.36 bits per heavy atom. The minimum absolute atomic E-state index is 0.0662. The quantitative estimate of drug-likeness (QED) is 0.939. The van der Waals surface area contributed by atoms with Gasteiger partial charge in [0.15, 0.2) is 0 Å². The van der Waals surface area contributed by atoms with E-state index >= 15 is 0 Å². The predicted octanol–water partition coefficient (Wildman–Crippen LogP) is 1.97. The van der Waals surface area contributed by atoms with Crippen molar-refractivity contribution in [2.24, 2.45) is 0 Å². The number of piperidine rings is 1. The van der Waals surface area contributed by atoms with Crippen LogP contribution < -0.4 is 5.32 Å². The third kappa shape index (κ3) is 3.74. The maximum atomic E-state index is 11.2. The van der Waals surface area contributed by atoms with Crippen molar-refractivity contribution >= 4 is 5.91 Å². The van der Waals surface area contributed by atoms with Crippen molar-refractivity contribution in [2.45, 2.75) is 32.4 Å². The average Bonchev–Trinajstić information content (AvgIpc) is 3.02. The molecule has 0 aliphatic carbocycles. The van der Waals surface area contributed by atoms with E-state index in [0.29, 0.717) is 0 Å². The number of hydrogen-bond acceptors (Lipinski definition) is 3. The van der Waals surface area contributed by atoms with E-state index in [1.165, 1.54) is 5.56 Å². The zero-order valence-electron chi connectivity index (χ0n) is 12.9. The van der Waals surface area contributed by atoms with E-state index in [1.807, 2.05) is 10.8 Å². The van der Waals surface area contributed by atoms with Crippen LogP contribution in [0.2, 0.25) is 0 Å². The van der Waals surface area contributed by atoms with Gasteiger partial charge in [-0.2, -0.15) is 0 Å². The Morgan fingerprint density at radius 3 is 2.86 bits per heavy atom. The molecule has 1 saturated heterocycles. The van der Waals surface area contributed by atoms with E-state index in [9.17, 15) is 4.79 Å². The van der Waals surface area contributed by atoms with Crippen molar-refractivity contribution in [1.82, 2.24) is 19.8 Å². The standard InChI is InChI=1S/C17H22N4O/c1-14(22)19-16-3-2-9-20(12-16)11-15-4-6-17(7-5-15)21-10-8-18-13-21/h4-8,10,13,16H,2-3,9,11-12H2,1H3,(H,19,22)/t16-/m1/s1. The van der Waals surface area contributed by atoms with Crippen LogP contribution in [-0.2, 0) is 11.3 Å². The van der Waals surface area contributed by atoms with Crippen molar-refractivity contribution in [1.29, 1.82) is 0 Å². The molecule has 1 aliphatic heterocycles. The third-order valence-electron chi connectivity index (χ3n) is 4.06. The van der Waals surface area contributed by atoms with E-state index in [-0.39, 0.29) is 11.9 Å². The smallest absolute Gasteiger partial charge is 0.217 e. The fourth-order valence-corrected chi connectivity index (χ4v) is 3.05. The lowest BCUT2D eigenvalue weighted by molar-refractivity contribution is -0.120. The molecule has 5 heteroatoms. The molecule has 5 nitrogen and oxygen atoms in total. The van der Waals surface area contributed by atoms with Crippen LogP contribution >= 0.6 is 0 Å². The van der Waals surface area contributed by atoms with Gasteiger partial charge in [0.25, 0.3) is 0 Å². The largest absolute Gasteiger partial charge is 0.352 e. The molecule has 1 atom stereocenters. The number of nitrogens with zero attached hydrogens (tertiary/aromatic N) is 3. The Hall–Kier alpha value is -2.14. The highest BCUT2D eigenvalue weighted by molar-refractivity contribution is 5.73. The Labute approximate surface area is 131 Å². The molecule has 1 aliphatic rings. The van der Waals surface area contributed by atoms with Gasteiger partial charge in [-0.25, -0.2) is 4.98 Å². The van der Waals surface area contributed by atoms with Crippen LogP contribution in [0.5, 0.6) is 0 Å². The SMILES string of the molecule is CC(=O)N[C@@H]1CCCN(Cc2ccc(-n3ccnc3)cc2)C1. The van der Waals surface area contributed by atoms with Crippen LogP contribution in [0.25, 0.3) is 5.69 Å². The van der Waals surface area contributed by atoms with Crippen LogP contribution in [-0.4, -0.2) is 39.5 Å². The van der Waals surface area contributed by atoms with Gasteiger partial charge >= 0.3 is 0 Å². The van der Waals surface area contributed by atoms with Crippen molar-refractivity contribution in [2.75, 3.05) is 13.1 Å². The van der Waals surface area contributed by atoms with Gasteiger partial charge in [-0.1, -0.05) is 12.1 Å². The van der Waals surface area contributed by atoms with Crippen molar-refractivity contribution in [3.8, 4) is 5.69 Å². The molecule has 3 rings (SSSR count). The number of likely N-dealkylation sites (tertiary alicyclic amines) is 1. The van der Waals surface area contributed by atoms with Crippen molar-refractivity contribution < 1.29 is 4.79 Å². The van der Waals surface area contributed by atoms with E-state index in [1.54, 1.807) is 19.4 Å². The molecular formula is C17H22N4O. The average molecular weight is 298 g/mol. The summed E-state index contributed by atoms with van der Waals surface area (Å²) in [5.41, 5.74) is 2.42. The Morgan fingerprint density at radius 2 is 2.18 bits per heavy atom. The molecule has 0 saturated carbocycles. The topological polar surface area (TPSA) is 50.2 Å². The second kappa shape index (κ2) is 6.75. The minimum Gasteiger partial charge on any atom is -0.352 e. The predicted molar refractivity (Wildman–Crippen MR) is 85.7 cm³/mol. The van der Waals surface area contributed by atoms with E-state index in [2.05, 4.69) is 39.5 Å². The molecule has 1 aromatic heterocycles. The molecule has 0 radical (unpaired) electrons. The summed E-state index contributed by atoms with van der Waals surface area (Å²) in [5, 5.41) is 3.03. The molecule has 22 heavy (non-hydrogen) atoms. The lowest BCUT2D eigenvalue weighted by Crippen LogP contribution is -2.46. The van der Waals surface area contributed by atoms with Gasteiger partial charge in [0.2, 0.25) is 5.91 Å². The highest BCUT2D eigenvalue weighted by Crippen LogP contribution is 2.15. The zero-order valence-corrected chi connectivity index (χ0v) is 12.9. The number of aromatic nitrogens is 2. The summed E-state index contributed by atoms with van der Waals surface area (Å²) >= 11 is 0. The molecule has 0 unspecified atom stereocenters. The summed E-state index contributed by atoms with van der Waals surface area (Å²) in [4.78, 5) is 17.7. The van der Waals surface area contributed by atoms with Gasteiger partial charge in [0, 0.05) is 44.1 Å².